The van der Waals surface area contributed by atoms with Crippen molar-refractivity contribution >= 4 is 10.9 Å². The van der Waals surface area contributed by atoms with Gasteiger partial charge in [0.25, 0.3) is 5.56 Å². The van der Waals surface area contributed by atoms with Gasteiger partial charge in [0.05, 0.1) is 30.7 Å². The van der Waals surface area contributed by atoms with Gasteiger partial charge in [0.15, 0.2) is 5.82 Å². The summed E-state index contributed by atoms with van der Waals surface area (Å²) < 4.78 is 7.34. The second-order valence-corrected chi connectivity index (χ2v) is 7.41. The van der Waals surface area contributed by atoms with Crippen LogP contribution in [0.5, 0.6) is 0 Å². The van der Waals surface area contributed by atoms with Crippen LogP contribution in [0.15, 0.2) is 47.3 Å². The summed E-state index contributed by atoms with van der Waals surface area (Å²) in [6.07, 6.45) is 0. The number of morpholine rings is 1. The number of aromatic nitrogens is 2. The molecule has 0 aliphatic carbocycles. The Balaban J connectivity index is 1.80. The number of nitrogens with zero attached hydrogens (tertiary/aromatic N) is 2. The Morgan fingerprint density at radius 2 is 1.89 bits per heavy atom. The van der Waals surface area contributed by atoms with Gasteiger partial charge in [-0.25, -0.2) is 4.98 Å². The van der Waals surface area contributed by atoms with Crippen LogP contribution in [0, 0.1) is 13.8 Å². The van der Waals surface area contributed by atoms with Crippen molar-refractivity contribution in [2.24, 2.45) is 0 Å². The number of fused-ring (bicyclic) bond motifs is 1. The molecule has 0 saturated carbocycles. The van der Waals surface area contributed by atoms with Gasteiger partial charge in [0.1, 0.15) is 19.6 Å². The van der Waals surface area contributed by atoms with E-state index in [0.717, 1.165) is 44.2 Å². The molecule has 1 saturated heterocycles. The van der Waals surface area contributed by atoms with Crippen molar-refractivity contribution in [2.45, 2.75) is 26.9 Å². The molecule has 2 heterocycles. The minimum Gasteiger partial charge on any atom is -0.370 e. The lowest BCUT2D eigenvalue weighted by Gasteiger charge is -2.25. The molecule has 0 unspecified atom stereocenters. The Morgan fingerprint density at radius 3 is 2.70 bits per heavy atom. The first-order valence-corrected chi connectivity index (χ1v) is 9.58. The van der Waals surface area contributed by atoms with Crippen LogP contribution in [0.25, 0.3) is 10.9 Å². The second-order valence-electron chi connectivity index (χ2n) is 7.41. The summed E-state index contributed by atoms with van der Waals surface area (Å²) >= 11 is 0. The zero-order valence-electron chi connectivity index (χ0n) is 16.0. The van der Waals surface area contributed by atoms with Gasteiger partial charge >= 0.3 is 0 Å². The fourth-order valence-corrected chi connectivity index (χ4v) is 3.71. The first-order chi connectivity index (χ1) is 13.1. The third-order valence-corrected chi connectivity index (χ3v) is 5.38. The summed E-state index contributed by atoms with van der Waals surface area (Å²) in [4.78, 5) is 19.6. The van der Waals surface area contributed by atoms with E-state index in [4.69, 9.17) is 9.72 Å². The molecule has 27 heavy (non-hydrogen) atoms. The highest BCUT2D eigenvalue weighted by Gasteiger charge is 2.19. The Morgan fingerprint density at radius 1 is 1.11 bits per heavy atom. The molecular weight excluding hydrogens is 338 g/mol. The van der Waals surface area contributed by atoms with Gasteiger partial charge in [-0.05, 0) is 37.1 Å². The Labute approximate surface area is 159 Å². The number of ether oxygens (including phenoxy) is 1. The highest BCUT2D eigenvalue weighted by molar-refractivity contribution is 5.77. The van der Waals surface area contributed by atoms with E-state index in [1.165, 1.54) is 21.6 Å². The predicted molar refractivity (Wildman–Crippen MR) is 106 cm³/mol. The van der Waals surface area contributed by atoms with Crippen LogP contribution in [-0.4, -0.2) is 35.9 Å². The number of aryl methyl sites for hydroxylation is 2. The first-order valence-electron chi connectivity index (χ1n) is 9.58. The Kier molecular flexibility index (Phi) is 5.05. The number of benzene rings is 2. The lowest BCUT2D eigenvalue weighted by atomic mass is 10.1. The monoisotopic (exact) mass is 364 g/mol. The number of hydrogen-bond acceptors (Lipinski definition) is 3. The molecule has 1 N–H and O–H groups in total. The predicted octanol–water partition coefficient (Wildman–Crippen LogP) is 1.48. The molecule has 0 radical (unpaired) electrons. The number of para-hydroxylation sites is 1. The standard InChI is InChI=1S/C22H25N3O2/c1-16-7-8-17(2)18(13-16)14-25-21(15-24-9-11-27-12-10-24)23-20-6-4-3-5-19(20)22(25)26/h3-8,13H,9-12,14-15H2,1-2H3/p+1. The fourth-order valence-electron chi connectivity index (χ4n) is 3.71. The summed E-state index contributed by atoms with van der Waals surface area (Å²) in [5.41, 5.74) is 4.40. The zero-order chi connectivity index (χ0) is 18.8. The topological polar surface area (TPSA) is 48.6 Å². The third-order valence-electron chi connectivity index (χ3n) is 5.38. The minimum atomic E-state index is 0.0455. The average molecular weight is 364 g/mol. The van der Waals surface area contributed by atoms with Gasteiger partial charge in [-0.2, -0.15) is 0 Å². The number of hydrogen-bond donors (Lipinski definition) is 1. The van der Waals surface area contributed by atoms with Crippen molar-refractivity contribution in [3.05, 3.63) is 75.3 Å². The van der Waals surface area contributed by atoms with Crippen LogP contribution in [0.3, 0.4) is 0 Å². The van der Waals surface area contributed by atoms with Gasteiger partial charge in [0, 0.05) is 0 Å². The molecule has 0 amide bonds. The van der Waals surface area contributed by atoms with Crippen molar-refractivity contribution < 1.29 is 9.64 Å². The van der Waals surface area contributed by atoms with E-state index in [0.29, 0.717) is 11.9 Å². The van der Waals surface area contributed by atoms with Crippen molar-refractivity contribution in [3.8, 4) is 0 Å². The van der Waals surface area contributed by atoms with Gasteiger partial charge in [-0.15, -0.1) is 0 Å². The van der Waals surface area contributed by atoms with E-state index in [-0.39, 0.29) is 5.56 Å². The largest absolute Gasteiger partial charge is 0.370 e. The summed E-state index contributed by atoms with van der Waals surface area (Å²) in [7, 11) is 0. The van der Waals surface area contributed by atoms with Crippen LogP contribution >= 0.6 is 0 Å². The summed E-state index contributed by atoms with van der Waals surface area (Å²) in [5, 5.41) is 0.684. The van der Waals surface area contributed by atoms with E-state index < -0.39 is 0 Å². The number of rotatable bonds is 4. The molecule has 1 aromatic heterocycles. The van der Waals surface area contributed by atoms with Crippen molar-refractivity contribution in [2.75, 3.05) is 26.3 Å². The third kappa shape index (κ3) is 3.80. The summed E-state index contributed by atoms with van der Waals surface area (Å²) in [6.45, 7) is 8.93. The van der Waals surface area contributed by atoms with Crippen molar-refractivity contribution in [1.82, 2.24) is 9.55 Å². The molecule has 0 spiro atoms. The van der Waals surface area contributed by atoms with Crippen LogP contribution in [0.1, 0.15) is 22.5 Å². The maximum atomic E-state index is 13.3. The smallest absolute Gasteiger partial charge is 0.261 e. The summed E-state index contributed by atoms with van der Waals surface area (Å²) in [6, 6.07) is 14.0. The van der Waals surface area contributed by atoms with Crippen molar-refractivity contribution in [1.29, 1.82) is 0 Å². The van der Waals surface area contributed by atoms with Gasteiger partial charge in [-0.3, -0.25) is 9.36 Å². The Bertz CT molecular complexity index is 1020. The van der Waals surface area contributed by atoms with Crippen LogP contribution in [-0.2, 0) is 17.8 Å². The van der Waals surface area contributed by atoms with Crippen molar-refractivity contribution in [3.63, 3.8) is 0 Å². The molecule has 2 aromatic carbocycles. The lowest BCUT2D eigenvalue weighted by molar-refractivity contribution is -0.922. The average Bonchev–Trinajstić information content (AvgIpc) is 2.68. The number of nitrogens with one attached hydrogen (secondary N) is 1. The molecule has 1 aliphatic rings. The number of quaternary nitrogens is 1. The fraction of sp³-hybridized carbons (Fsp3) is 0.364. The molecule has 140 valence electrons. The molecular formula is C22H26N3O2+. The molecule has 0 bridgehead atoms. The molecule has 5 nitrogen and oxygen atoms in total. The van der Waals surface area contributed by atoms with E-state index in [2.05, 4.69) is 32.0 Å². The highest BCUT2D eigenvalue weighted by atomic mass is 16.5. The SMILES string of the molecule is Cc1ccc(C)c(Cn2c(C[NH+]3CCOCC3)nc3ccccc3c2=O)c1. The second kappa shape index (κ2) is 7.62. The maximum absolute atomic E-state index is 13.3. The maximum Gasteiger partial charge on any atom is 0.261 e. The molecule has 1 fully saturated rings. The van der Waals surface area contributed by atoms with E-state index in [1.54, 1.807) is 0 Å². The highest BCUT2D eigenvalue weighted by Crippen LogP contribution is 2.14. The summed E-state index contributed by atoms with van der Waals surface area (Å²) in [5.74, 6) is 0.858. The molecule has 0 atom stereocenters. The van der Waals surface area contributed by atoms with Gasteiger partial charge < -0.3 is 9.64 Å². The van der Waals surface area contributed by atoms with Crippen LogP contribution in [0.4, 0.5) is 0 Å². The van der Waals surface area contributed by atoms with E-state index >= 15 is 0 Å². The van der Waals surface area contributed by atoms with Crippen LogP contribution in [0.2, 0.25) is 0 Å². The molecule has 1 aliphatic heterocycles. The van der Waals surface area contributed by atoms with Crippen LogP contribution < -0.4 is 10.5 Å². The minimum absolute atomic E-state index is 0.0455. The van der Waals surface area contributed by atoms with Gasteiger partial charge in [0.2, 0.25) is 0 Å². The normalized spacial score (nSPS) is 15.3. The van der Waals surface area contributed by atoms with E-state index in [1.807, 2.05) is 28.8 Å². The molecule has 5 heteroatoms. The molecule has 4 rings (SSSR count). The zero-order valence-corrected chi connectivity index (χ0v) is 16.0. The quantitative estimate of drug-likeness (QED) is 0.763. The molecule has 3 aromatic rings. The first kappa shape index (κ1) is 17.9. The van der Waals surface area contributed by atoms with E-state index in [9.17, 15) is 4.79 Å². The lowest BCUT2D eigenvalue weighted by Crippen LogP contribution is -3.13. The van der Waals surface area contributed by atoms with Gasteiger partial charge in [-0.1, -0.05) is 35.9 Å². The Hall–Kier alpha value is -2.50.